The lowest BCUT2D eigenvalue weighted by atomic mass is 9.90. The summed E-state index contributed by atoms with van der Waals surface area (Å²) in [6.45, 7) is 10.3. The van der Waals surface area contributed by atoms with Crippen LogP contribution in [-0.2, 0) is 4.79 Å². The van der Waals surface area contributed by atoms with Gasteiger partial charge in [-0.1, -0.05) is 44.0 Å². The summed E-state index contributed by atoms with van der Waals surface area (Å²) in [5, 5.41) is 9.18. The number of nitrogens with zero attached hydrogens (tertiary/aromatic N) is 1. The van der Waals surface area contributed by atoms with Crippen molar-refractivity contribution in [3.8, 4) is 0 Å². The van der Waals surface area contributed by atoms with E-state index in [1.165, 1.54) is 0 Å². The number of hydrogen-bond acceptors (Lipinski definition) is 3. The molecule has 1 rings (SSSR count). The van der Waals surface area contributed by atoms with Crippen LogP contribution in [0.5, 0.6) is 0 Å². The molecule has 0 aliphatic heterocycles. The molecule has 0 radical (unpaired) electrons. The lowest BCUT2D eigenvalue weighted by Gasteiger charge is -2.25. The van der Waals surface area contributed by atoms with Gasteiger partial charge in [0.1, 0.15) is 0 Å². The number of rotatable bonds is 10. The molecule has 128 valence electrons. The van der Waals surface area contributed by atoms with E-state index in [4.69, 9.17) is 0 Å². The van der Waals surface area contributed by atoms with Gasteiger partial charge in [-0.3, -0.25) is 9.59 Å². The average molecular weight is 319 g/mol. The highest BCUT2D eigenvalue weighted by Gasteiger charge is 2.26. The molecule has 0 bridgehead atoms. The topological polar surface area (TPSA) is 57.6 Å². The molecule has 1 aromatic carbocycles. The Hall–Kier alpha value is -1.68. The number of Topliss-reactive ketones (excluding diaryl/α,β-unsaturated/α-hetero) is 1. The molecule has 0 aromatic heterocycles. The summed E-state index contributed by atoms with van der Waals surface area (Å²) in [5.41, 5.74) is 2.67. The standard InChI is InChI=1S/C19H29NO3/c1-5-7-10-20(6-2)13-16(12-18(21)22)19(23)17-9-8-14(3)11-15(17)4/h8-9,11,16H,5-7,10,12-13H2,1-4H3,(H,21,22). The fourth-order valence-corrected chi connectivity index (χ4v) is 2.83. The number of carbonyl (C=O) groups is 2. The van der Waals surface area contributed by atoms with Crippen LogP contribution in [-0.4, -0.2) is 41.4 Å². The maximum atomic E-state index is 12.8. The Bertz CT molecular complexity index is 539. The third-order valence-corrected chi connectivity index (χ3v) is 4.19. The first kappa shape index (κ1) is 19.4. The molecule has 0 aliphatic rings. The zero-order valence-electron chi connectivity index (χ0n) is 14.8. The highest BCUT2D eigenvalue weighted by atomic mass is 16.4. The summed E-state index contributed by atoms with van der Waals surface area (Å²) in [4.78, 5) is 26.2. The van der Waals surface area contributed by atoms with E-state index < -0.39 is 11.9 Å². The summed E-state index contributed by atoms with van der Waals surface area (Å²) < 4.78 is 0. The molecule has 0 amide bonds. The second-order valence-corrected chi connectivity index (χ2v) is 6.22. The van der Waals surface area contributed by atoms with Gasteiger partial charge in [0.25, 0.3) is 0 Å². The van der Waals surface area contributed by atoms with E-state index in [1.54, 1.807) is 0 Å². The normalized spacial score (nSPS) is 12.4. The highest BCUT2D eigenvalue weighted by molar-refractivity contribution is 6.00. The first-order valence-corrected chi connectivity index (χ1v) is 8.44. The Morgan fingerprint density at radius 3 is 2.43 bits per heavy atom. The quantitative estimate of drug-likeness (QED) is 0.668. The number of aliphatic carboxylic acids is 1. The van der Waals surface area contributed by atoms with E-state index in [1.807, 2.05) is 32.0 Å². The van der Waals surface area contributed by atoms with E-state index in [2.05, 4.69) is 18.7 Å². The Morgan fingerprint density at radius 1 is 1.22 bits per heavy atom. The molecule has 1 N–H and O–H groups in total. The lowest BCUT2D eigenvalue weighted by molar-refractivity contribution is -0.137. The van der Waals surface area contributed by atoms with Gasteiger partial charge in [-0.05, 0) is 38.9 Å². The number of ketones is 1. The molecule has 0 aliphatic carbocycles. The summed E-state index contributed by atoms with van der Waals surface area (Å²) in [7, 11) is 0. The van der Waals surface area contributed by atoms with Crippen molar-refractivity contribution in [2.45, 2.75) is 47.0 Å². The fraction of sp³-hybridized carbons (Fsp3) is 0.579. The third kappa shape index (κ3) is 6.14. The number of carboxylic acid groups (broad SMARTS) is 1. The van der Waals surface area contributed by atoms with Gasteiger partial charge in [-0.25, -0.2) is 0 Å². The maximum absolute atomic E-state index is 12.8. The van der Waals surface area contributed by atoms with Crippen LogP contribution in [0.25, 0.3) is 0 Å². The maximum Gasteiger partial charge on any atom is 0.304 e. The summed E-state index contributed by atoms with van der Waals surface area (Å²) in [6.07, 6.45) is 2.03. The van der Waals surface area contributed by atoms with Crippen LogP contribution >= 0.6 is 0 Å². The van der Waals surface area contributed by atoms with Gasteiger partial charge >= 0.3 is 5.97 Å². The Morgan fingerprint density at radius 2 is 1.91 bits per heavy atom. The molecule has 0 fully saturated rings. The van der Waals surface area contributed by atoms with Crippen molar-refractivity contribution in [2.24, 2.45) is 5.92 Å². The predicted octanol–water partition coefficient (Wildman–Crippen LogP) is 3.70. The van der Waals surface area contributed by atoms with Gasteiger partial charge in [0.15, 0.2) is 5.78 Å². The van der Waals surface area contributed by atoms with Gasteiger partial charge in [-0.15, -0.1) is 0 Å². The molecular formula is C19H29NO3. The van der Waals surface area contributed by atoms with E-state index >= 15 is 0 Å². The van der Waals surface area contributed by atoms with E-state index in [0.29, 0.717) is 12.1 Å². The van der Waals surface area contributed by atoms with Crippen molar-refractivity contribution in [3.05, 3.63) is 34.9 Å². The minimum Gasteiger partial charge on any atom is -0.481 e. The monoisotopic (exact) mass is 319 g/mol. The van der Waals surface area contributed by atoms with E-state index in [0.717, 1.165) is 37.1 Å². The number of hydrogen-bond donors (Lipinski definition) is 1. The van der Waals surface area contributed by atoms with Gasteiger partial charge in [0.05, 0.1) is 6.42 Å². The van der Waals surface area contributed by atoms with Crippen molar-refractivity contribution < 1.29 is 14.7 Å². The molecule has 0 saturated heterocycles. The van der Waals surface area contributed by atoms with Crippen molar-refractivity contribution >= 4 is 11.8 Å². The predicted molar refractivity (Wildman–Crippen MR) is 93.0 cm³/mol. The van der Waals surface area contributed by atoms with Gasteiger partial charge in [0.2, 0.25) is 0 Å². The smallest absolute Gasteiger partial charge is 0.304 e. The average Bonchev–Trinajstić information content (AvgIpc) is 2.49. The SMILES string of the molecule is CCCCN(CC)CC(CC(=O)O)C(=O)c1ccc(C)cc1C. The lowest BCUT2D eigenvalue weighted by Crippen LogP contribution is -2.35. The second-order valence-electron chi connectivity index (χ2n) is 6.22. The van der Waals surface area contributed by atoms with Crippen LogP contribution in [0.3, 0.4) is 0 Å². The number of carboxylic acids is 1. The molecule has 1 atom stereocenters. The van der Waals surface area contributed by atoms with Crippen molar-refractivity contribution in [3.63, 3.8) is 0 Å². The highest BCUT2D eigenvalue weighted by Crippen LogP contribution is 2.19. The summed E-state index contributed by atoms with van der Waals surface area (Å²) >= 11 is 0. The first-order valence-electron chi connectivity index (χ1n) is 8.44. The Balaban J connectivity index is 2.95. The Labute approximate surface area is 139 Å². The first-order chi connectivity index (χ1) is 10.9. The molecule has 1 aromatic rings. The number of unbranched alkanes of at least 4 members (excludes halogenated alkanes) is 1. The fourth-order valence-electron chi connectivity index (χ4n) is 2.83. The molecule has 0 saturated carbocycles. The molecular weight excluding hydrogens is 290 g/mol. The molecule has 0 heterocycles. The van der Waals surface area contributed by atoms with Gasteiger partial charge < -0.3 is 10.0 Å². The molecule has 0 spiro atoms. The van der Waals surface area contributed by atoms with Crippen LogP contribution in [0.15, 0.2) is 18.2 Å². The molecule has 1 unspecified atom stereocenters. The van der Waals surface area contributed by atoms with Crippen molar-refractivity contribution in [2.75, 3.05) is 19.6 Å². The minimum atomic E-state index is -0.917. The number of benzene rings is 1. The van der Waals surface area contributed by atoms with Crippen molar-refractivity contribution in [1.29, 1.82) is 0 Å². The Kier molecular flexibility index (Phi) is 7.96. The molecule has 4 heteroatoms. The second kappa shape index (κ2) is 9.46. The third-order valence-electron chi connectivity index (χ3n) is 4.19. The van der Waals surface area contributed by atoms with Crippen LogP contribution in [0.1, 0.15) is 54.6 Å². The van der Waals surface area contributed by atoms with E-state index in [9.17, 15) is 14.7 Å². The zero-order chi connectivity index (χ0) is 17.4. The molecule has 4 nitrogen and oxygen atoms in total. The summed E-state index contributed by atoms with van der Waals surface area (Å²) in [6, 6.07) is 5.71. The largest absolute Gasteiger partial charge is 0.481 e. The van der Waals surface area contributed by atoms with Gasteiger partial charge in [-0.2, -0.15) is 0 Å². The van der Waals surface area contributed by atoms with Crippen LogP contribution in [0, 0.1) is 19.8 Å². The van der Waals surface area contributed by atoms with Crippen LogP contribution in [0.4, 0.5) is 0 Å². The number of carbonyl (C=O) groups excluding carboxylic acids is 1. The van der Waals surface area contributed by atoms with Crippen LogP contribution in [0.2, 0.25) is 0 Å². The zero-order valence-corrected chi connectivity index (χ0v) is 14.8. The van der Waals surface area contributed by atoms with Crippen LogP contribution < -0.4 is 0 Å². The van der Waals surface area contributed by atoms with E-state index in [-0.39, 0.29) is 12.2 Å². The minimum absolute atomic E-state index is 0.0557. The molecule has 23 heavy (non-hydrogen) atoms. The number of aryl methyl sites for hydroxylation is 2. The van der Waals surface area contributed by atoms with Gasteiger partial charge in [0, 0.05) is 18.0 Å². The van der Waals surface area contributed by atoms with Crippen molar-refractivity contribution in [1.82, 2.24) is 4.90 Å². The summed E-state index contributed by atoms with van der Waals surface area (Å²) in [5.74, 6) is -1.47.